The molecule has 0 radical (unpaired) electrons. The van der Waals surface area contributed by atoms with Gasteiger partial charge in [0.1, 0.15) is 22.5 Å². The molecule has 2 aliphatic heterocycles. The van der Waals surface area contributed by atoms with Crippen LogP contribution in [0.3, 0.4) is 0 Å². The maximum atomic E-state index is 7.47. The molecule has 65 heavy (non-hydrogen) atoms. The van der Waals surface area contributed by atoms with Crippen LogP contribution in [0.4, 0.5) is 34.1 Å². The maximum Gasteiger partial charge on any atom is 0.342 e. The van der Waals surface area contributed by atoms with E-state index < -0.39 is 0 Å². The minimum absolute atomic E-state index is 0.0178. The van der Waals surface area contributed by atoms with Crippen LogP contribution in [0.25, 0.3) is 44.2 Å². The second-order valence-electron chi connectivity index (χ2n) is 22.2. The third-order valence-electron chi connectivity index (χ3n) is 15.6. The first-order valence-corrected chi connectivity index (χ1v) is 23.4. The maximum absolute atomic E-state index is 7.47. The van der Waals surface area contributed by atoms with Crippen molar-refractivity contribution >= 4 is 79.6 Å². The summed E-state index contributed by atoms with van der Waals surface area (Å²) in [6, 6.07) is 52.6. The number of furan rings is 2. The Labute approximate surface area is 382 Å². The van der Waals surface area contributed by atoms with Gasteiger partial charge in [-0.25, -0.2) is 0 Å². The lowest BCUT2D eigenvalue weighted by molar-refractivity contribution is 0.590. The molecule has 7 aromatic carbocycles. The van der Waals surface area contributed by atoms with E-state index in [0.29, 0.717) is 0 Å². The number of anilines is 6. The van der Waals surface area contributed by atoms with Crippen molar-refractivity contribution in [3.05, 3.63) is 173 Å². The summed E-state index contributed by atoms with van der Waals surface area (Å²) >= 11 is 0. The van der Waals surface area contributed by atoms with Crippen molar-refractivity contribution in [2.45, 2.75) is 90.9 Å². The van der Waals surface area contributed by atoms with E-state index in [0.717, 1.165) is 67.4 Å². The summed E-state index contributed by atoms with van der Waals surface area (Å²) in [5.41, 5.74) is 24.2. The molecule has 4 aliphatic rings. The molecule has 0 spiro atoms. The Hall–Kier alpha value is -6.72. The minimum Gasteiger partial charge on any atom is -0.468 e. The Morgan fingerprint density at radius 2 is 0.831 bits per heavy atom. The number of hydrogen-bond acceptors (Lipinski definition) is 4. The van der Waals surface area contributed by atoms with Gasteiger partial charge in [0.25, 0.3) is 0 Å². The van der Waals surface area contributed by atoms with Crippen LogP contribution in [0.5, 0.6) is 0 Å². The monoisotopic (exact) mass is 844 g/mol. The molecule has 0 atom stereocenters. The topological polar surface area (TPSA) is 32.8 Å². The summed E-state index contributed by atoms with van der Waals surface area (Å²) < 4.78 is 14.9. The zero-order valence-corrected chi connectivity index (χ0v) is 39.1. The summed E-state index contributed by atoms with van der Waals surface area (Å²) in [6.07, 6.45) is 0. The molecular formula is C60H53BN2O2. The molecule has 4 nitrogen and oxygen atoms in total. The van der Waals surface area contributed by atoms with Gasteiger partial charge >= 0.3 is 6.71 Å². The molecule has 5 heteroatoms. The molecule has 13 rings (SSSR count). The summed E-state index contributed by atoms with van der Waals surface area (Å²) in [5, 5.41) is 2.22. The summed E-state index contributed by atoms with van der Waals surface area (Å²) in [6.45, 7) is 22.8. The highest BCUT2D eigenvalue weighted by atomic mass is 16.3. The van der Waals surface area contributed by atoms with Gasteiger partial charge in [-0.3, -0.25) is 0 Å². The fraction of sp³-hybridized carbons (Fsp3) is 0.233. The first kappa shape index (κ1) is 38.7. The summed E-state index contributed by atoms with van der Waals surface area (Å²) in [5.74, 6) is 0. The Balaban J connectivity index is 1.13. The molecule has 0 unspecified atom stereocenters. The molecule has 2 aromatic heterocycles. The van der Waals surface area contributed by atoms with E-state index in [1.807, 2.05) is 0 Å². The predicted octanol–water partition coefficient (Wildman–Crippen LogP) is 14.5. The Kier molecular flexibility index (Phi) is 7.47. The second kappa shape index (κ2) is 12.5. The molecule has 0 saturated carbocycles. The third kappa shape index (κ3) is 5.10. The van der Waals surface area contributed by atoms with Crippen molar-refractivity contribution < 1.29 is 8.83 Å². The molecule has 0 saturated heterocycles. The van der Waals surface area contributed by atoms with Gasteiger partial charge < -0.3 is 18.6 Å². The molecule has 2 aliphatic carbocycles. The number of rotatable bonds is 2. The minimum atomic E-state index is -0.300. The van der Waals surface area contributed by atoms with Crippen molar-refractivity contribution in [1.82, 2.24) is 0 Å². The van der Waals surface area contributed by atoms with Gasteiger partial charge in [0.2, 0.25) is 0 Å². The van der Waals surface area contributed by atoms with Gasteiger partial charge in [-0.05, 0) is 133 Å². The van der Waals surface area contributed by atoms with E-state index in [1.165, 1.54) is 61.1 Å². The van der Waals surface area contributed by atoms with Crippen molar-refractivity contribution in [2.75, 3.05) is 9.80 Å². The third-order valence-corrected chi connectivity index (χ3v) is 15.6. The lowest BCUT2D eigenvalue weighted by Crippen LogP contribution is -2.60. The van der Waals surface area contributed by atoms with Gasteiger partial charge in [-0.2, -0.15) is 0 Å². The highest BCUT2D eigenvalue weighted by Crippen LogP contribution is 2.55. The van der Waals surface area contributed by atoms with E-state index in [-0.39, 0.29) is 28.4 Å². The van der Waals surface area contributed by atoms with Crippen LogP contribution in [0.2, 0.25) is 0 Å². The van der Waals surface area contributed by atoms with Gasteiger partial charge in [-0.15, -0.1) is 0 Å². The average molecular weight is 845 g/mol. The molecule has 9 aromatic rings. The number of benzene rings is 7. The van der Waals surface area contributed by atoms with Crippen LogP contribution < -0.4 is 26.6 Å². The van der Waals surface area contributed by atoms with Gasteiger partial charge in [-0.1, -0.05) is 148 Å². The molecule has 0 N–H and O–H groups in total. The average Bonchev–Trinajstić information content (AvgIpc) is 3.97. The van der Waals surface area contributed by atoms with Crippen LogP contribution in [0, 0.1) is 0 Å². The molecule has 318 valence electrons. The molecule has 0 bridgehead atoms. The number of fused-ring (bicyclic) bond motifs is 14. The Bertz CT molecular complexity index is 3290. The SMILES string of the molecule is CC(C)(C)c1ccc(N2c3cccc4c3B(c3oc5cc6c(cc5c32)-c2ccccc2C6(C)C)c2oc3cc5c(cc3c2N4c2ccc(C(C)(C)C)cc2)-c2ccccc2C5(C)C)cc1. The van der Waals surface area contributed by atoms with Crippen LogP contribution in [0.15, 0.2) is 148 Å². The fourth-order valence-electron chi connectivity index (χ4n) is 12.1. The molecule has 0 fully saturated rings. The molecule has 0 amide bonds. The van der Waals surface area contributed by atoms with Crippen LogP contribution in [0.1, 0.15) is 103 Å². The highest BCUT2D eigenvalue weighted by Gasteiger charge is 2.51. The summed E-state index contributed by atoms with van der Waals surface area (Å²) in [4.78, 5) is 4.95. The van der Waals surface area contributed by atoms with Gasteiger partial charge in [0, 0.05) is 44.4 Å². The molecular weight excluding hydrogens is 791 g/mol. The van der Waals surface area contributed by atoms with Crippen molar-refractivity contribution in [3.8, 4) is 22.3 Å². The van der Waals surface area contributed by atoms with Crippen molar-refractivity contribution in [2.24, 2.45) is 0 Å². The van der Waals surface area contributed by atoms with E-state index in [9.17, 15) is 0 Å². The normalized spacial score (nSPS) is 16.0. The van der Waals surface area contributed by atoms with Crippen LogP contribution in [-0.4, -0.2) is 6.71 Å². The zero-order chi connectivity index (χ0) is 44.7. The predicted molar refractivity (Wildman–Crippen MR) is 273 cm³/mol. The highest BCUT2D eigenvalue weighted by molar-refractivity contribution is 6.99. The quantitative estimate of drug-likeness (QED) is 0.162. The zero-order valence-electron chi connectivity index (χ0n) is 39.1. The molecule has 4 heterocycles. The fourth-order valence-corrected chi connectivity index (χ4v) is 12.1. The van der Waals surface area contributed by atoms with Crippen LogP contribution in [-0.2, 0) is 21.7 Å². The largest absolute Gasteiger partial charge is 0.468 e. The van der Waals surface area contributed by atoms with E-state index >= 15 is 0 Å². The Morgan fingerprint density at radius 1 is 0.431 bits per heavy atom. The van der Waals surface area contributed by atoms with E-state index in [1.54, 1.807) is 0 Å². The lowest BCUT2D eigenvalue weighted by Gasteiger charge is -2.40. The second-order valence-corrected chi connectivity index (χ2v) is 22.2. The van der Waals surface area contributed by atoms with Crippen molar-refractivity contribution in [1.29, 1.82) is 0 Å². The van der Waals surface area contributed by atoms with E-state index in [2.05, 4.69) is 219 Å². The van der Waals surface area contributed by atoms with Crippen LogP contribution >= 0.6 is 0 Å². The lowest BCUT2D eigenvalue weighted by atomic mass is 9.37. The first-order valence-electron chi connectivity index (χ1n) is 23.4. The van der Waals surface area contributed by atoms with Gasteiger partial charge in [0.05, 0.1) is 11.4 Å². The Morgan fingerprint density at radius 3 is 1.23 bits per heavy atom. The number of hydrogen-bond donors (Lipinski definition) is 0. The van der Waals surface area contributed by atoms with Crippen molar-refractivity contribution in [3.63, 3.8) is 0 Å². The van der Waals surface area contributed by atoms with E-state index in [4.69, 9.17) is 8.83 Å². The number of nitrogens with zero attached hydrogens (tertiary/aromatic N) is 2. The summed E-state index contributed by atoms with van der Waals surface area (Å²) in [7, 11) is 0. The van der Waals surface area contributed by atoms with Gasteiger partial charge in [0.15, 0.2) is 0 Å². The standard InChI is InChI=1S/C60H53BN2O2/c1-57(2,3)34-22-26-36(27-23-34)62-48-20-15-21-49-52(48)61(55-53(62)42-30-40-38-16-11-13-18-44(38)59(7,8)46(40)32-50(42)64-55)56-54(63(49)37-28-24-35(25-29-37)58(4,5)6)43-31-41-39-17-12-14-19-45(39)60(9,10)47(41)33-51(43)65-56/h11-33H,1-10H3. The first-order chi connectivity index (χ1) is 31.0. The smallest absolute Gasteiger partial charge is 0.342 e.